The summed E-state index contributed by atoms with van der Waals surface area (Å²) in [6.07, 6.45) is 0. The van der Waals surface area contributed by atoms with E-state index in [1.807, 2.05) is 32.0 Å². The summed E-state index contributed by atoms with van der Waals surface area (Å²) in [6.45, 7) is 3.81. The Balaban J connectivity index is 1.85. The largest absolute Gasteiger partial charge is 0.497 e. The van der Waals surface area contributed by atoms with Crippen molar-refractivity contribution in [2.45, 2.75) is 19.9 Å². The van der Waals surface area contributed by atoms with Crippen LogP contribution < -0.4 is 10.1 Å². The van der Waals surface area contributed by atoms with Gasteiger partial charge < -0.3 is 14.6 Å². The molecule has 27 heavy (non-hydrogen) atoms. The Morgan fingerprint density at radius 3 is 2.67 bits per heavy atom. The number of ether oxygens (including phenoxy) is 1. The van der Waals surface area contributed by atoms with Crippen LogP contribution in [0.4, 0.5) is 4.39 Å². The Hall–Kier alpha value is -3.22. The lowest BCUT2D eigenvalue weighted by atomic mass is 10.0. The third-order valence-corrected chi connectivity index (χ3v) is 4.11. The van der Waals surface area contributed by atoms with Gasteiger partial charge >= 0.3 is 0 Å². The van der Waals surface area contributed by atoms with E-state index in [4.69, 9.17) is 9.26 Å². The van der Waals surface area contributed by atoms with Crippen LogP contribution in [0.5, 0.6) is 5.75 Å². The number of aromatic nitrogens is 2. The van der Waals surface area contributed by atoms with Crippen LogP contribution in [0.15, 0.2) is 53.1 Å². The highest BCUT2D eigenvalue weighted by Gasteiger charge is 2.26. The average molecular weight is 369 g/mol. The van der Waals surface area contributed by atoms with E-state index in [-0.39, 0.29) is 17.4 Å². The Morgan fingerprint density at radius 1 is 1.19 bits per heavy atom. The number of nitrogens with zero attached hydrogens (tertiary/aromatic N) is 2. The van der Waals surface area contributed by atoms with Gasteiger partial charge in [-0.15, -0.1) is 0 Å². The van der Waals surface area contributed by atoms with Gasteiger partial charge in [-0.05, 0) is 30.2 Å². The molecule has 1 heterocycles. The van der Waals surface area contributed by atoms with Crippen molar-refractivity contribution >= 4 is 5.91 Å². The fourth-order valence-electron chi connectivity index (χ4n) is 2.62. The summed E-state index contributed by atoms with van der Waals surface area (Å²) in [5, 5.41) is 6.77. The van der Waals surface area contributed by atoms with E-state index in [9.17, 15) is 9.18 Å². The number of amides is 1. The molecule has 7 heteroatoms. The number of methoxy groups -OCH3 is 1. The van der Waals surface area contributed by atoms with Crippen molar-refractivity contribution in [2.75, 3.05) is 7.11 Å². The van der Waals surface area contributed by atoms with Gasteiger partial charge in [0, 0.05) is 5.56 Å². The third kappa shape index (κ3) is 4.13. The maximum atomic E-state index is 13.9. The molecule has 1 atom stereocenters. The zero-order chi connectivity index (χ0) is 19.4. The quantitative estimate of drug-likeness (QED) is 0.710. The van der Waals surface area contributed by atoms with Gasteiger partial charge in [0.25, 0.3) is 5.91 Å². The van der Waals surface area contributed by atoms with Crippen LogP contribution in [-0.2, 0) is 0 Å². The Bertz CT molecular complexity index is 939. The monoisotopic (exact) mass is 369 g/mol. The van der Waals surface area contributed by atoms with Crippen LogP contribution in [0.25, 0.3) is 11.4 Å². The highest BCUT2D eigenvalue weighted by molar-refractivity contribution is 5.94. The maximum absolute atomic E-state index is 13.9. The van der Waals surface area contributed by atoms with Crippen LogP contribution in [0.1, 0.15) is 36.1 Å². The molecule has 1 amide bonds. The minimum absolute atomic E-state index is 0.0318. The topological polar surface area (TPSA) is 77.3 Å². The summed E-state index contributed by atoms with van der Waals surface area (Å²) in [6, 6.07) is 12.5. The van der Waals surface area contributed by atoms with Crippen molar-refractivity contribution in [3.05, 3.63) is 65.8 Å². The number of benzene rings is 2. The summed E-state index contributed by atoms with van der Waals surface area (Å²) in [5.74, 6) is 0.154. The van der Waals surface area contributed by atoms with Gasteiger partial charge in [0.1, 0.15) is 17.6 Å². The average Bonchev–Trinajstić information content (AvgIpc) is 3.16. The van der Waals surface area contributed by atoms with Crippen molar-refractivity contribution in [3.63, 3.8) is 0 Å². The molecule has 3 rings (SSSR count). The minimum atomic E-state index is -0.583. The lowest BCUT2D eigenvalue weighted by Crippen LogP contribution is -2.32. The van der Waals surface area contributed by atoms with Gasteiger partial charge in [0.05, 0.1) is 12.7 Å². The lowest BCUT2D eigenvalue weighted by Gasteiger charge is -2.18. The highest BCUT2D eigenvalue weighted by atomic mass is 19.1. The molecule has 0 fully saturated rings. The number of hydrogen-bond donors (Lipinski definition) is 1. The first-order valence-electron chi connectivity index (χ1n) is 8.53. The first kappa shape index (κ1) is 18.6. The fourth-order valence-corrected chi connectivity index (χ4v) is 2.62. The second-order valence-corrected chi connectivity index (χ2v) is 6.36. The molecule has 0 saturated carbocycles. The standard InChI is InChI=1S/C20H20FN3O3/c1-12(2)17(22-19(25)15-9-4-5-10-16(15)21)20-23-18(24-27-20)13-7-6-8-14(11-13)26-3/h4-12,17H,1-3H3,(H,22,25)/t17-/m1/s1. The second-order valence-electron chi connectivity index (χ2n) is 6.36. The van der Waals surface area contributed by atoms with E-state index in [0.717, 1.165) is 5.56 Å². The van der Waals surface area contributed by atoms with E-state index in [2.05, 4.69) is 15.5 Å². The van der Waals surface area contributed by atoms with Crippen LogP contribution in [0, 0.1) is 11.7 Å². The van der Waals surface area contributed by atoms with Crippen LogP contribution in [0.2, 0.25) is 0 Å². The summed E-state index contributed by atoms with van der Waals surface area (Å²) in [7, 11) is 1.58. The molecule has 0 aliphatic heterocycles. The molecule has 0 spiro atoms. The van der Waals surface area contributed by atoms with Crippen molar-refractivity contribution < 1.29 is 18.4 Å². The Morgan fingerprint density at radius 2 is 1.96 bits per heavy atom. The molecule has 6 nitrogen and oxygen atoms in total. The first-order chi connectivity index (χ1) is 13.0. The van der Waals surface area contributed by atoms with Gasteiger partial charge in [-0.2, -0.15) is 4.98 Å². The number of carbonyl (C=O) groups is 1. The molecule has 1 aromatic heterocycles. The molecule has 0 radical (unpaired) electrons. The molecule has 0 unspecified atom stereocenters. The predicted octanol–water partition coefficient (Wildman–Crippen LogP) is 4.01. The summed E-state index contributed by atoms with van der Waals surface area (Å²) < 4.78 is 24.4. The molecule has 1 N–H and O–H groups in total. The summed E-state index contributed by atoms with van der Waals surface area (Å²) in [4.78, 5) is 16.9. The van der Waals surface area contributed by atoms with E-state index < -0.39 is 17.8 Å². The van der Waals surface area contributed by atoms with Gasteiger partial charge in [-0.3, -0.25) is 4.79 Å². The predicted molar refractivity (Wildman–Crippen MR) is 97.7 cm³/mol. The Kier molecular flexibility index (Phi) is 5.49. The number of halogens is 1. The van der Waals surface area contributed by atoms with E-state index >= 15 is 0 Å². The highest BCUT2D eigenvalue weighted by Crippen LogP contribution is 2.26. The third-order valence-electron chi connectivity index (χ3n) is 4.11. The van der Waals surface area contributed by atoms with E-state index in [1.54, 1.807) is 19.2 Å². The number of rotatable bonds is 6. The van der Waals surface area contributed by atoms with Crippen LogP contribution >= 0.6 is 0 Å². The van der Waals surface area contributed by atoms with Gasteiger partial charge in [-0.1, -0.05) is 43.3 Å². The lowest BCUT2D eigenvalue weighted by molar-refractivity contribution is 0.0910. The zero-order valence-corrected chi connectivity index (χ0v) is 15.3. The van der Waals surface area contributed by atoms with Crippen LogP contribution in [0.3, 0.4) is 0 Å². The van der Waals surface area contributed by atoms with Crippen molar-refractivity contribution in [1.82, 2.24) is 15.5 Å². The fraction of sp³-hybridized carbons (Fsp3) is 0.250. The molecule has 140 valence electrons. The smallest absolute Gasteiger partial charge is 0.254 e. The maximum Gasteiger partial charge on any atom is 0.254 e. The van der Waals surface area contributed by atoms with Gasteiger partial charge in [0.2, 0.25) is 11.7 Å². The molecule has 0 aliphatic carbocycles. The van der Waals surface area contributed by atoms with E-state index in [0.29, 0.717) is 11.6 Å². The molecule has 2 aromatic carbocycles. The summed E-state index contributed by atoms with van der Waals surface area (Å²) >= 11 is 0. The van der Waals surface area contributed by atoms with E-state index in [1.165, 1.54) is 18.2 Å². The van der Waals surface area contributed by atoms with Gasteiger partial charge in [0.15, 0.2) is 0 Å². The first-order valence-corrected chi connectivity index (χ1v) is 8.53. The van der Waals surface area contributed by atoms with Crippen molar-refractivity contribution in [2.24, 2.45) is 5.92 Å². The SMILES string of the molecule is COc1cccc(-c2noc([C@H](NC(=O)c3ccccc3F)C(C)C)n2)c1. The molecular weight excluding hydrogens is 349 g/mol. The number of carbonyl (C=O) groups excluding carboxylic acids is 1. The molecular formula is C20H20FN3O3. The normalized spacial score (nSPS) is 12.0. The van der Waals surface area contributed by atoms with Gasteiger partial charge in [-0.25, -0.2) is 4.39 Å². The minimum Gasteiger partial charge on any atom is -0.497 e. The molecule has 0 saturated heterocycles. The van der Waals surface area contributed by atoms with Crippen LogP contribution in [-0.4, -0.2) is 23.2 Å². The molecule has 0 aliphatic rings. The molecule has 3 aromatic rings. The number of nitrogens with one attached hydrogen (secondary N) is 1. The Labute approximate surface area is 156 Å². The van der Waals surface area contributed by atoms with Crippen molar-refractivity contribution in [1.29, 1.82) is 0 Å². The second kappa shape index (κ2) is 7.99. The molecule has 0 bridgehead atoms. The number of hydrogen-bond acceptors (Lipinski definition) is 5. The zero-order valence-electron chi connectivity index (χ0n) is 15.3. The summed E-state index contributed by atoms with van der Waals surface area (Å²) in [5.41, 5.74) is 0.697. The van der Waals surface area contributed by atoms with Crippen molar-refractivity contribution in [3.8, 4) is 17.1 Å².